The minimum Gasteiger partial charge on any atom is -0.488 e. The number of carbonyl (C=O) groups is 2. The molecule has 30 heavy (non-hydrogen) atoms. The van der Waals surface area contributed by atoms with E-state index in [4.69, 9.17) is 4.74 Å². The summed E-state index contributed by atoms with van der Waals surface area (Å²) in [6.45, 7) is 4.34. The van der Waals surface area contributed by atoms with Gasteiger partial charge < -0.3 is 25.4 Å². The molecule has 0 radical (unpaired) electrons. The first-order valence-electron chi connectivity index (χ1n) is 9.79. The third-order valence-corrected chi connectivity index (χ3v) is 4.99. The van der Waals surface area contributed by atoms with E-state index in [1.54, 1.807) is 18.9 Å². The van der Waals surface area contributed by atoms with E-state index in [0.29, 0.717) is 18.8 Å². The van der Waals surface area contributed by atoms with Crippen LogP contribution in [0.3, 0.4) is 0 Å². The quantitative estimate of drug-likeness (QED) is 0.617. The topological polar surface area (TPSA) is 90.9 Å². The zero-order valence-corrected chi connectivity index (χ0v) is 17.3. The van der Waals surface area contributed by atoms with Gasteiger partial charge in [-0.25, -0.2) is 0 Å². The number of nitrogens with zero attached hydrogens (tertiary/aromatic N) is 1. The first kappa shape index (κ1) is 23.9. The van der Waals surface area contributed by atoms with Crippen molar-refractivity contribution in [3.05, 3.63) is 23.8 Å². The predicted molar refractivity (Wildman–Crippen MR) is 105 cm³/mol. The molecule has 1 aliphatic heterocycles. The molecule has 0 aromatic heterocycles. The van der Waals surface area contributed by atoms with Gasteiger partial charge in [-0.15, -0.1) is 0 Å². The number of likely N-dealkylation sites (N-methyl/N-ethyl adjacent to an activating group) is 1. The Morgan fingerprint density at radius 3 is 2.70 bits per heavy atom. The number of anilines is 1. The molecule has 2 rings (SSSR count). The molecule has 0 saturated heterocycles. The Bertz CT molecular complexity index is 757. The highest BCUT2D eigenvalue weighted by molar-refractivity contribution is 5.99. The van der Waals surface area contributed by atoms with Crippen LogP contribution in [-0.4, -0.2) is 66.9 Å². The third-order valence-electron chi connectivity index (χ3n) is 4.99. The summed E-state index contributed by atoms with van der Waals surface area (Å²) in [5, 5.41) is 15.0. The first-order valence-corrected chi connectivity index (χ1v) is 9.79. The second kappa shape index (κ2) is 10.1. The number of nitrogens with one attached hydrogen (secondary N) is 2. The van der Waals surface area contributed by atoms with Gasteiger partial charge in [-0.3, -0.25) is 9.59 Å². The lowest BCUT2D eigenvalue weighted by atomic mass is 9.99. The van der Waals surface area contributed by atoms with E-state index >= 15 is 0 Å². The summed E-state index contributed by atoms with van der Waals surface area (Å²) in [6.07, 6.45) is -6.60. The Morgan fingerprint density at radius 2 is 2.10 bits per heavy atom. The van der Waals surface area contributed by atoms with Crippen LogP contribution in [0.5, 0.6) is 5.75 Å². The van der Waals surface area contributed by atoms with Gasteiger partial charge in [0.05, 0.1) is 24.6 Å². The summed E-state index contributed by atoms with van der Waals surface area (Å²) in [4.78, 5) is 26.6. The van der Waals surface area contributed by atoms with Crippen molar-refractivity contribution in [3.8, 4) is 5.75 Å². The molecule has 0 spiro atoms. The third kappa shape index (κ3) is 6.33. The van der Waals surface area contributed by atoms with Gasteiger partial charge in [0, 0.05) is 31.1 Å². The molecular weight excluding hydrogens is 403 g/mol. The van der Waals surface area contributed by atoms with Gasteiger partial charge in [-0.1, -0.05) is 6.92 Å². The van der Waals surface area contributed by atoms with Crippen LogP contribution in [0.15, 0.2) is 18.2 Å². The van der Waals surface area contributed by atoms with Crippen molar-refractivity contribution in [2.24, 2.45) is 5.92 Å². The van der Waals surface area contributed by atoms with Gasteiger partial charge in [0.1, 0.15) is 11.9 Å². The molecule has 1 aliphatic rings. The molecule has 168 valence electrons. The molecular formula is C20H28F3N3O4. The number of carbonyl (C=O) groups excluding carboxylic acids is 2. The minimum absolute atomic E-state index is 0.0229. The molecule has 2 amide bonds. The maximum atomic E-state index is 13.2. The van der Waals surface area contributed by atoms with Gasteiger partial charge in [-0.2, -0.15) is 13.2 Å². The predicted octanol–water partition coefficient (Wildman–Crippen LogP) is 2.41. The first-order chi connectivity index (χ1) is 14.1. The number of aliphatic hydroxyl groups excluding tert-OH is 1. The molecule has 7 nitrogen and oxygen atoms in total. The summed E-state index contributed by atoms with van der Waals surface area (Å²) in [5.41, 5.74) is 0.380. The number of aliphatic hydroxyl groups is 1. The van der Waals surface area contributed by atoms with Gasteiger partial charge >= 0.3 is 6.18 Å². The number of halogens is 3. The summed E-state index contributed by atoms with van der Waals surface area (Å²) < 4.78 is 43.0. The van der Waals surface area contributed by atoms with E-state index in [0.717, 1.165) is 0 Å². The molecule has 1 heterocycles. The van der Waals surface area contributed by atoms with Crippen molar-refractivity contribution < 1.29 is 32.6 Å². The van der Waals surface area contributed by atoms with Gasteiger partial charge in [0.25, 0.3) is 5.91 Å². The molecule has 0 fully saturated rings. The summed E-state index contributed by atoms with van der Waals surface area (Å²) in [6, 6.07) is 3.97. The smallest absolute Gasteiger partial charge is 0.389 e. The van der Waals surface area contributed by atoms with E-state index in [-0.39, 0.29) is 35.8 Å². The van der Waals surface area contributed by atoms with Crippen LogP contribution < -0.4 is 15.4 Å². The van der Waals surface area contributed by atoms with Crippen LogP contribution in [-0.2, 0) is 4.79 Å². The van der Waals surface area contributed by atoms with E-state index in [1.165, 1.54) is 18.2 Å². The van der Waals surface area contributed by atoms with E-state index in [2.05, 4.69) is 10.6 Å². The Hall–Kier alpha value is -2.33. The Balaban J connectivity index is 2.32. The Morgan fingerprint density at radius 1 is 1.40 bits per heavy atom. The number of rotatable bonds is 7. The Kier molecular flexibility index (Phi) is 8.08. The highest BCUT2D eigenvalue weighted by Crippen LogP contribution is 2.30. The summed E-state index contributed by atoms with van der Waals surface area (Å²) >= 11 is 0. The van der Waals surface area contributed by atoms with Crippen molar-refractivity contribution in [3.63, 3.8) is 0 Å². The fraction of sp³-hybridized carbons (Fsp3) is 0.600. The van der Waals surface area contributed by atoms with Crippen molar-refractivity contribution in [2.45, 2.75) is 45.0 Å². The van der Waals surface area contributed by atoms with Crippen molar-refractivity contribution in [1.29, 1.82) is 0 Å². The standard InChI is InChI=1S/C20H28F3N3O4/c1-12-10-26(13(2)11-27)19(29)15-8-14(25-18(28)6-7-20(21,22)23)4-5-16(15)30-17(12)9-24-3/h4-5,8,12-13,17,24,27H,6-7,9-11H2,1-3H3,(H,25,28)/t12-,13-,17-/m1/s1. The number of ether oxygens (including phenoxy) is 1. The zero-order chi connectivity index (χ0) is 22.5. The number of hydrogen-bond donors (Lipinski definition) is 3. The highest BCUT2D eigenvalue weighted by Gasteiger charge is 2.33. The monoisotopic (exact) mass is 431 g/mol. The van der Waals surface area contributed by atoms with Gasteiger partial charge in [0.15, 0.2) is 0 Å². The van der Waals surface area contributed by atoms with Crippen molar-refractivity contribution >= 4 is 17.5 Å². The lowest BCUT2D eigenvalue weighted by molar-refractivity contribution is -0.142. The van der Waals surface area contributed by atoms with Gasteiger partial charge in [-0.05, 0) is 32.2 Å². The normalized spacial score (nSPS) is 20.6. The lowest BCUT2D eigenvalue weighted by Gasteiger charge is -2.37. The Labute approximate surface area is 173 Å². The molecule has 3 atom stereocenters. The fourth-order valence-corrected chi connectivity index (χ4v) is 3.22. The average Bonchev–Trinajstić information content (AvgIpc) is 2.68. The summed E-state index contributed by atoms with van der Waals surface area (Å²) in [5.74, 6) is -0.887. The zero-order valence-electron chi connectivity index (χ0n) is 17.3. The maximum Gasteiger partial charge on any atom is 0.389 e. The van der Waals surface area contributed by atoms with E-state index in [9.17, 15) is 27.9 Å². The van der Waals surface area contributed by atoms with Crippen molar-refractivity contribution in [1.82, 2.24) is 10.2 Å². The summed E-state index contributed by atoms with van der Waals surface area (Å²) in [7, 11) is 1.79. The van der Waals surface area contributed by atoms with Crippen LogP contribution in [0.4, 0.5) is 18.9 Å². The van der Waals surface area contributed by atoms with Crippen molar-refractivity contribution in [2.75, 3.05) is 32.1 Å². The number of benzene rings is 1. The number of hydrogen-bond acceptors (Lipinski definition) is 5. The van der Waals surface area contributed by atoms with E-state index < -0.39 is 31.0 Å². The molecule has 0 bridgehead atoms. The molecule has 0 saturated carbocycles. The lowest BCUT2D eigenvalue weighted by Crippen LogP contribution is -2.49. The largest absolute Gasteiger partial charge is 0.488 e. The second-order valence-electron chi connectivity index (χ2n) is 7.55. The van der Waals surface area contributed by atoms with Crippen LogP contribution in [0.1, 0.15) is 37.0 Å². The molecule has 0 unspecified atom stereocenters. The minimum atomic E-state index is -4.42. The number of fused-ring (bicyclic) bond motifs is 1. The van der Waals surface area contributed by atoms with Gasteiger partial charge in [0.2, 0.25) is 5.91 Å². The molecule has 0 aliphatic carbocycles. The molecule has 10 heteroatoms. The molecule has 1 aromatic rings. The van der Waals surface area contributed by atoms with Crippen LogP contribution in [0, 0.1) is 5.92 Å². The number of amides is 2. The average molecular weight is 431 g/mol. The molecule has 1 aromatic carbocycles. The van der Waals surface area contributed by atoms with Crippen LogP contribution in [0.2, 0.25) is 0 Å². The fourth-order valence-electron chi connectivity index (χ4n) is 3.22. The van der Waals surface area contributed by atoms with Crippen LogP contribution >= 0.6 is 0 Å². The second-order valence-corrected chi connectivity index (χ2v) is 7.55. The van der Waals surface area contributed by atoms with Crippen LogP contribution in [0.25, 0.3) is 0 Å². The SMILES string of the molecule is CNC[C@H]1Oc2ccc(NC(=O)CCC(F)(F)F)cc2C(=O)N([C@H](C)CO)C[C@H]1C. The highest BCUT2D eigenvalue weighted by atomic mass is 19.4. The van der Waals surface area contributed by atoms with E-state index in [1.807, 2.05) is 6.92 Å². The maximum absolute atomic E-state index is 13.2. The number of alkyl halides is 3. The molecule has 3 N–H and O–H groups in total.